The molecule has 3 aromatic carbocycles. The van der Waals surface area contributed by atoms with Crippen LogP contribution in [0.3, 0.4) is 0 Å². The fourth-order valence-corrected chi connectivity index (χ4v) is 4.79. The molecule has 2 aliphatic heterocycles. The van der Waals surface area contributed by atoms with Crippen LogP contribution in [0, 0.1) is 0 Å². The summed E-state index contributed by atoms with van der Waals surface area (Å²) in [7, 11) is 3.26. The second-order valence-corrected chi connectivity index (χ2v) is 8.67. The third kappa shape index (κ3) is 3.48. The summed E-state index contributed by atoms with van der Waals surface area (Å²) in [6.07, 6.45) is 0.677. The number of carbonyl (C=O) groups is 2. The van der Waals surface area contributed by atoms with Gasteiger partial charge in [-0.15, -0.1) is 5.10 Å². The molecule has 0 spiro atoms. The number of nitrogens with one attached hydrogen (secondary N) is 1. The van der Waals surface area contributed by atoms with Crippen LogP contribution in [-0.4, -0.2) is 40.8 Å². The number of ether oxygens (including phenoxy) is 2. The molecule has 1 aromatic heterocycles. The Hall–Kier alpha value is -4.66. The molecule has 4 aromatic rings. The van der Waals surface area contributed by atoms with Crippen LogP contribution in [-0.2, 0) is 0 Å². The van der Waals surface area contributed by atoms with Gasteiger partial charge < -0.3 is 14.8 Å². The van der Waals surface area contributed by atoms with E-state index in [1.807, 2.05) is 48.5 Å². The number of nitrogens with zero attached hydrogens (tertiary/aromatic N) is 4. The van der Waals surface area contributed by atoms with Crippen LogP contribution in [0.5, 0.6) is 11.5 Å². The van der Waals surface area contributed by atoms with Crippen LogP contribution in [0.1, 0.15) is 50.3 Å². The summed E-state index contributed by atoms with van der Waals surface area (Å²) < 4.78 is 12.4. The molecule has 0 saturated heterocycles. The maximum Gasteiger partial charge on any atom is 0.268 e. The molecule has 0 radical (unpaired) electrons. The van der Waals surface area contributed by atoms with E-state index >= 15 is 0 Å². The van der Waals surface area contributed by atoms with Crippen molar-refractivity contribution in [2.75, 3.05) is 24.4 Å². The van der Waals surface area contributed by atoms with Gasteiger partial charge in [-0.2, -0.15) is 4.98 Å². The Morgan fingerprint density at radius 1 is 0.806 bits per heavy atom. The molecule has 2 atom stereocenters. The largest absolute Gasteiger partial charge is 0.497 e. The quantitative estimate of drug-likeness (QED) is 0.426. The molecule has 9 heteroatoms. The minimum atomic E-state index is -0.425. The third-order valence-corrected chi connectivity index (χ3v) is 6.69. The first kappa shape index (κ1) is 21.8. The van der Waals surface area contributed by atoms with E-state index in [4.69, 9.17) is 9.47 Å². The highest BCUT2D eigenvalue weighted by molar-refractivity contribution is 6.33. The summed E-state index contributed by atoms with van der Waals surface area (Å²) in [5, 5.41) is 8.09. The first-order valence-corrected chi connectivity index (χ1v) is 11.6. The Morgan fingerprint density at radius 3 is 1.92 bits per heavy atom. The normalized spacial score (nSPS) is 18.4. The molecule has 180 valence electrons. The second-order valence-electron chi connectivity index (χ2n) is 8.67. The van der Waals surface area contributed by atoms with Gasteiger partial charge in [-0.05, 0) is 53.9 Å². The molecule has 3 heterocycles. The minimum Gasteiger partial charge on any atom is -0.497 e. The fraction of sp³-hybridized carbons (Fsp3) is 0.185. The van der Waals surface area contributed by atoms with Crippen molar-refractivity contribution < 1.29 is 19.1 Å². The molecule has 6 rings (SSSR count). The van der Waals surface area contributed by atoms with Crippen LogP contribution < -0.4 is 19.7 Å². The Kier molecular flexibility index (Phi) is 5.18. The van der Waals surface area contributed by atoms with Gasteiger partial charge in [-0.3, -0.25) is 9.59 Å². The van der Waals surface area contributed by atoms with Gasteiger partial charge in [-0.25, -0.2) is 9.58 Å². The van der Waals surface area contributed by atoms with E-state index in [1.54, 1.807) is 43.2 Å². The van der Waals surface area contributed by atoms with E-state index in [1.165, 1.54) is 0 Å². The lowest BCUT2D eigenvalue weighted by Crippen LogP contribution is -2.30. The first-order chi connectivity index (χ1) is 17.6. The molecular formula is C27H23N5O4. The number of aromatic nitrogens is 3. The highest BCUT2D eigenvalue weighted by atomic mass is 16.5. The summed E-state index contributed by atoms with van der Waals surface area (Å²) in [5.41, 5.74) is 2.78. The maximum atomic E-state index is 13.1. The zero-order chi connectivity index (χ0) is 24.8. The number of amides is 2. The summed E-state index contributed by atoms with van der Waals surface area (Å²) in [5.74, 6) is 1.21. The number of anilines is 2. The van der Waals surface area contributed by atoms with Crippen molar-refractivity contribution >= 4 is 23.7 Å². The number of hydrogen-bond acceptors (Lipinski definition) is 7. The number of carbonyl (C=O) groups excluding carboxylic acids is 2. The lowest BCUT2D eigenvalue weighted by Gasteiger charge is -2.31. The van der Waals surface area contributed by atoms with Crippen LogP contribution in [0.2, 0.25) is 0 Å². The van der Waals surface area contributed by atoms with E-state index in [0.29, 0.717) is 23.5 Å². The van der Waals surface area contributed by atoms with Crippen molar-refractivity contribution in [2.24, 2.45) is 0 Å². The highest BCUT2D eigenvalue weighted by Crippen LogP contribution is 2.40. The molecule has 2 aliphatic rings. The van der Waals surface area contributed by atoms with Gasteiger partial charge in [0.2, 0.25) is 5.95 Å². The van der Waals surface area contributed by atoms with Crippen molar-refractivity contribution in [3.63, 3.8) is 0 Å². The Bertz CT molecular complexity index is 1430. The zero-order valence-electron chi connectivity index (χ0n) is 19.7. The highest BCUT2D eigenvalue weighted by Gasteiger charge is 2.40. The standard InChI is InChI=1S/C27H23N5O4/c1-35-18-11-7-16(8-12-18)22-15-23(17-9-13-19(36-2)14-10-17)32-26(28-22)29-27(30-32)31-24(33)20-5-3-4-6-21(20)25(31)34/h3-14,22-23H,15H2,1-2H3,(H,28,29,30)/t22-,23+/m0/s1. The molecule has 0 unspecified atom stereocenters. The van der Waals surface area contributed by atoms with Crippen LogP contribution >= 0.6 is 0 Å². The number of rotatable bonds is 5. The molecule has 0 aliphatic carbocycles. The average molecular weight is 482 g/mol. The van der Waals surface area contributed by atoms with Gasteiger partial charge >= 0.3 is 0 Å². The number of fused-ring (bicyclic) bond motifs is 2. The van der Waals surface area contributed by atoms with Gasteiger partial charge in [0.15, 0.2) is 0 Å². The van der Waals surface area contributed by atoms with E-state index in [0.717, 1.165) is 27.5 Å². The fourth-order valence-electron chi connectivity index (χ4n) is 4.79. The van der Waals surface area contributed by atoms with E-state index in [2.05, 4.69) is 15.4 Å². The van der Waals surface area contributed by atoms with Crippen molar-refractivity contribution in [1.29, 1.82) is 0 Å². The van der Waals surface area contributed by atoms with Crippen LogP contribution in [0.4, 0.5) is 11.9 Å². The smallest absolute Gasteiger partial charge is 0.268 e. The summed E-state index contributed by atoms with van der Waals surface area (Å²) in [6, 6.07) is 22.2. The van der Waals surface area contributed by atoms with Gasteiger partial charge in [-0.1, -0.05) is 36.4 Å². The van der Waals surface area contributed by atoms with Crippen molar-refractivity contribution in [3.05, 3.63) is 95.1 Å². The summed E-state index contributed by atoms with van der Waals surface area (Å²) in [6.45, 7) is 0. The lowest BCUT2D eigenvalue weighted by molar-refractivity contribution is 0.0923. The third-order valence-electron chi connectivity index (χ3n) is 6.69. The summed E-state index contributed by atoms with van der Waals surface area (Å²) in [4.78, 5) is 31.8. The zero-order valence-corrected chi connectivity index (χ0v) is 19.7. The number of hydrogen-bond donors (Lipinski definition) is 1. The molecule has 2 amide bonds. The Balaban J connectivity index is 1.41. The number of benzene rings is 3. The SMILES string of the molecule is COc1ccc([C@@H]2C[C@H](c3ccc(OC)cc3)n3nc(N4C(=O)c5ccccc5C4=O)nc3N2)cc1. The first-order valence-electron chi connectivity index (χ1n) is 11.6. The molecule has 1 N–H and O–H groups in total. The van der Waals surface area contributed by atoms with Crippen molar-refractivity contribution in [2.45, 2.75) is 18.5 Å². The molecule has 0 fully saturated rings. The average Bonchev–Trinajstić information content (AvgIpc) is 3.46. The monoisotopic (exact) mass is 481 g/mol. The van der Waals surface area contributed by atoms with Crippen LogP contribution in [0.25, 0.3) is 0 Å². The minimum absolute atomic E-state index is 0.0533. The molecule has 36 heavy (non-hydrogen) atoms. The Labute approximate surface area is 207 Å². The number of imide groups is 1. The van der Waals surface area contributed by atoms with Gasteiger partial charge in [0, 0.05) is 0 Å². The summed E-state index contributed by atoms with van der Waals surface area (Å²) >= 11 is 0. The van der Waals surface area contributed by atoms with E-state index < -0.39 is 11.8 Å². The van der Waals surface area contributed by atoms with E-state index in [-0.39, 0.29) is 18.0 Å². The Morgan fingerprint density at radius 2 is 1.36 bits per heavy atom. The molecule has 0 saturated carbocycles. The van der Waals surface area contributed by atoms with Crippen molar-refractivity contribution in [3.8, 4) is 11.5 Å². The predicted octanol–water partition coefficient (Wildman–Crippen LogP) is 4.24. The topological polar surface area (TPSA) is 98.6 Å². The molecule has 9 nitrogen and oxygen atoms in total. The molecule has 0 bridgehead atoms. The molecular weight excluding hydrogens is 458 g/mol. The number of methoxy groups -OCH3 is 2. The van der Waals surface area contributed by atoms with Crippen molar-refractivity contribution in [1.82, 2.24) is 14.8 Å². The lowest BCUT2D eigenvalue weighted by atomic mass is 9.93. The maximum absolute atomic E-state index is 13.1. The van der Waals surface area contributed by atoms with Gasteiger partial charge in [0.1, 0.15) is 11.5 Å². The van der Waals surface area contributed by atoms with Gasteiger partial charge in [0.25, 0.3) is 17.8 Å². The van der Waals surface area contributed by atoms with E-state index in [9.17, 15) is 9.59 Å². The van der Waals surface area contributed by atoms with Gasteiger partial charge in [0.05, 0.1) is 37.4 Å². The predicted molar refractivity (Wildman–Crippen MR) is 133 cm³/mol. The van der Waals surface area contributed by atoms with Crippen LogP contribution in [0.15, 0.2) is 72.8 Å². The second kappa shape index (κ2) is 8.53.